The maximum Gasteiger partial charge on any atom is 0.337 e. The van der Waals surface area contributed by atoms with Crippen molar-refractivity contribution in [2.24, 2.45) is 0 Å². The molecule has 0 saturated carbocycles. The summed E-state index contributed by atoms with van der Waals surface area (Å²) in [5.74, 6) is 0.595. The predicted molar refractivity (Wildman–Crippen MR) is 105 cm³/mol. The van der Waals surface area contributed by atoms with E-state index in [4.69, 9.17) is 14.5 Å². The third kappa shape index (κ3) is 3.81. The van der Waals surface area contributed by atoms with E-state index in [1.165, 1.54) is 18.2 Å². The number of hydrogen-bond acceptors (Lipinski definition) is 4. The molecule has 0 unspecified atom stereocenters. The van der Waals surface area contributed by atoms with Gasteiger partial charge in [-0.3, -0.25) is 0 Å². The molecule has 0 saturated heterocycles. The lowest BCUT2D eigenvalue weighted by atomic mass is 10.1. The van der Waals surface area contributed by atoms with Crippen molar-refractivity contribution in [3.8, 4) is 0 Å². The molecule has 3 aromatic rings. The highest BCUT2D eigenvalue weighted by Gasteiger charge is 2.14. The van der Waals surface area contributed by atoms with Gasteiger partial charge < -0.3 is 14.0 Å². The maximum absolute atomic E-state index is 11.9. The molecule has 5 nitrogen and oxygen atoms in total. The van der Waals surface area contributed by atoms with E-state index >= 15 is 0 Å². The van der Waals surface area contributed by atoms with Crippen LogP contribution in [-0.2, 0) is 22.4 Å². The van der Waals surface area contributed by atoms with E-state index in [0.29, 0.717) is 25.1 Å². The third-order valence-electron chi connectivity index (χ3n) is 4.35. The van der Waals surface area contributed by atoms with E-state index in [0.717, 1.165) is 21.3 Å². The van der Waals surface area contributed by atoms with Crippen molar-refractivity contribution in [3.63, 3.8) is 0 Å². The summed E-state index contributed by atoms with van der Waals surface area (Å²) in [5.41, 5.74) is 4.67. The molecule has 3 rings (SSSR count). The van der Waals surface area contributed by atoms with Gasteiger partial charge in [-0.25, -0.2) is 9.78 Å². The number of benzene rings is 2. The van der Waals surface area contributed by atoms with Crippen LogP contribution in [0.3, 0.4) is 0 Å². The van der Waals surface area contributed by atoms with Gasteiger partial charge in [0.2, 0.25) is 0 Å². The van der Waals surface area contributed by atoms with Crippen molar-refractivity contribution in [1.29, 1.82) is 0 Å². The van der Waals surface area contributed by atoms with E-state index in [1.807, 2.05) is 12.1 Å². The van der Waals surface area contributed by atoms with Crippen molar-refractivity contribution < 1.29 is 14.3 Å². The Bertz CT molecular complexity index is 950. The minimum absolute atomic E-state index is 0.350. The Kier molecular flexibility index (Phi) is 5.74. The van der Waals surface area contributed by atoms with Crippen LogP contribution in [0.2, 0.25) is 0 Å². The van der Waals surface area contributed by atoms with E-state index < -0.39 is 0 Å². The molecule has 6 heteroatoms. The second kappa shape index (κ2) is 8.01. The molecule has 0 spiro atoms. The number of ether oxygens (including phenoxy) is 2. The highest BCUT2D eigenvalue weighted by molar-refractivity contribution is 9.10. The van der Waals surface area contributed by atoms with Crippen molar-refractivity contribution in [2.75, 3.05) is 20.8 Å². The topological polar surface area (TPSA) is 53.4 Å². The van der Waals surface area contributed by atoms with Crippen LogP contribution in [-0.4, -0.2) is 36.3 Å². The average molecular weight is 417 g/mol. The number of aryl methyl sites for hydroxylation is 1. The van der Waals surface area contributed by atoms with Crippen LogP contribution >= 0.6 is 15.9 Å². The molecule has 1 heterocycles. The highest BCUT2D eigenvalue weighted by atomic mass is 79.9. The Morgan fingerprint density at radius 3 is 2.69 bits per heavy atom. The molecule has 26 heavy (non-hydrogen) atoms. The molecular weight excluding hydrogens is 396 g/mol. The quantitative estimate of drug-likeness (QED) is 0.566. The van der Waals surface area contributed by atoms with E-state index in [2.05, 4.69) is 45.6 Å². The van der Waals surface area contributed by atoms with E-state index in [-0.39, 0.29) is 5.97 Å². The first-order chi connectivity index (χ1) is 12.5. The van der Waals surface area contributed by atoms with Crippen LogP contribution in [0.15, 0.2) is 40.9 Å². The summed E-state index contributed by atoms with van der Waals surface area (Å²) >= 11 is 3.54. The van der Waals surface area contributed by atoms with Crippen LogP contribution < -0.4 is 0 Å². The summed E-state index contributed by atoms with van der Waals surface area (Å²) in [5, 5.41) is 0. The fourth-order valence-corrected chi connectivity index (χ4v) is 3.23. The summed E-state index contributed by atoms with van der Waals surface area (Å²) in [7, 11) is 3.06. The van der Waals surface area contributed by atoms with Crippen molar-refractivity contribution in [3.05, 3.63) is 63.4 Å². The normalized spacial score (nSPS) is 11.1. The highest BCUT2D eigenvalue weighted by Crippen LogP contribution is 2.23. The first-order valence-corrected chi connectivity index (χ1v) is 9.14. The second-order valence-corrected chi connectivity index (χ2v) is 6.98. The van der Waals surface area contributed by atoms with Gasteiger partial charge in [0.15, 0.2) is 0 Å². The van der Waals surface area contributed by atoms with Crippen molar-refractivity contribution in [2.45, 2.75) is 19.9 Å². The maximum atomic E-state index is 11.9. The first-order valence-electron chi connectivity index (χ1n) is 8.35. The second-order valence-electron chi connectivity index (χ2n) is 6.13. The van der Waals surface area contributed by atoms with Gasteiger partial charge >= 0.3 is 5.97 Å². The summed E-state index contributed by atoms with van der Waals surface area (Å²) in [6, 6.07) is 11.7. The number of esters is 1. The number of hydrogen-bond donors (Lipinski definition) is 0. The predicted octanol–water partition coefficient (Wildman–Crippen LogP) is 4.13. The van der Waals surface area contributed by atoms with Crippen LogP contribution in [0.5, 0.6) is 0 Å². The van der Waals surface area contributed by atoms with Crippen molar-refractivity contribution in [1.82, 2.24) is 9.55 Å². The lowest BCUT2D eigenvalue weighted by Gasteiger charge is -2.10. The molecule has 1 aromatic heterocycles. The average Bonchev–Trinajstić information content (AvgIpc) is 2.98. The third-order valence-corrected chi connectivity index (χ3v) is 5.24. The summed E-state index contributed by atoms with van der Waals surface area (Å²) in [6.45, 7) is 3.31. The fourth-order valence-electron chi connectivity index (χ4n) is 2.98. The number of carbonyl (C=O) groups excluding carboxylic acids is 1. The minimum atomic E-state index is -0.350. The van der Waals surface area contributed by atoms with Gasteiger partial charge in [-0.15, -0.1) is 0 Å². The molecule has 0 amide bonds. The van der Waals surface area contributed by atoms with Gasteiger partial charge in [-0.2, -0.15) is 0 Å². The molecule has 0 aliphatic rings. The van der Waals surface area contributed by atoms with E-state index in [1.54, 1.807) is 13.2 Å². The van der Waals surface area contributed by atoms with Gasteiger partial charge in [-0.1, -0.05) is 28.1 Å². The number of nitrogens with zero attached hydrogens (tertiary/aromatic N) is 2. The number of methoxy groups -OCH3 is 2. The number of imidazole rings is 1. The molecule has 2 aromatic carbocycles. The Morgan fingerprint density at radius 2 is 2.00 bits per heavy atom. The number of aromatic nitrogens is 2. The molecular formula is C20H21BrN2O3. The molecule has 0 bridgehead atoms. The van der Waals surface area contributed by atoms with Gasteiger partial charge in [0.1, 0.15) is 5.82 Å². The van der Waals surface area contributed by atoms with Crippen LogP contribution in [0.25, 0.3) is 11.0 Å². The smallest absolute Gasteiger partial charge is 0.337 e. The molecule has 0 N–H and O–H groups in total. The molecule has 0 atom stereocenters. The number of halogens is 1. The van der Waals surface area contributed by atoms with Crippen LogP contribution in [0, 0.1) is 6.92 Å². The summed E-state index contributed by atoms with van der Waals surface area (Å²) < 4.78 is 13.3. The Balaban J connectivity index is 2.04. The Labute approximate surface area is 161 Å². The molecule has 0 fully saturated rings. The Morgan fingerprint density at radius 1 is 1.19 bits per heavy atom. The van der Waals surface area contributed by atoms with Gasteiger partial charge in [-0.05, 0) is 42.3 Å². The van der Waals surface area contributed by atoms with Crippen molar-refractivity contribution >= 4 is 32.9 Å². The lowest BCUT2D eigenvalue weighted by Crippen LogP contribution is -2.09. The zero-order chi connectivity index (χ0) is 18.7. The fraction of sp³-hybridized carbons (Fsp3) is 0.300. The molecule has 0 radical (unpaired) electrons. The largest absolute Gasteiger partial charge is 0.465 e. The number of carbonyl (C=O) groups is 1. The molecule has 136 valence electrons. The van der Waals surface area contributed by atoms with Crippen LogP contribution in [0.1, 0.15) is 27.3 Å². The number of rotatable bonds is 6. The van der Waals surface area contributed by atoms with Gasteiger partial charge in [0, 0.05) is 24.5 Å². The molecule has 0 aliphatic carbocycles. The van der Waals surface area contributed by atoms with E-state index in [9.17, 15) is 4.79 Å². The first kappa shape index (κ1) is 18.6. The van der Waals surface area contributed by atoms with Gasteiger partial charge in [0.25, 0.3) is 0 Å². The summed E-state index contributed by atoms with van der Waals surface area (Å²) in [4.78, 5) is 16.7. The SMILES string of the molecule is COCCn1c(Cc2ccc(Br)c(C)c2)nc2ccc(C(=O)OC)cc21. The number of fused-ring (bicyclic) bond motifs is 1. The summed E-state index contributed by atoms with van der Waals surface area (Å²) in [6.07, 6.45) is 0.708. The standard InChI is InChI=1S/C20H21BrN2O3/c1-13-10-14(4-6-16(13)21)11-19-22-17-7-5-15(20(24)26-3)12-18(17)23(19)8-9-25-2/h4-7,10,12H,8-9,11H2,1-3H3. The van der Waals surface area contributed by atoms with Gasteiger partial charge in [0.05, 0.1) is 30.3 Å². The molecule has 0 aliphatic heterocycles. The lowest BCUT2D eigenvalue weighted by molar-refractivity contribution is 0.0601. The minimum Gasteiger partial charge on any atom is -0.465 e. The monoisotopic (exact) mass is 416 g/mol. The van der Waals surface area contributed by atoms with Crippen LogP contribution in [0.4, 0.5) is 0 Å². The Hall–Kier alpha value is -2.18. The zero-order valence-electron chi connectivity index (χ0n) is 15.1. The zero-order valence-corrected chi connectivity index (χ0v) is 16.7.